The quantitative estimate of drug-likeness (QED) is 0.753. The molecule has 0 aromatic heterocycles. The van der Waals surface area contributed by atoms with Crippen LogP contribution in [0.2, 0.25) is 0 Å². The van der Waals surface area contributed by atoms with Crippen LogP contribution in [0.4, 0.5) is 4.79 Å². The molecule has 1 fully saturated rings. The minimum absolute atomic E-state index is 0.116. The maximum atomic E-state index is 11.9. The molecule has 1 aliphatic rings. The lowest BCUT2D eigenvalue weighted by molar-refractivity contribution is -0.123. The second-order valence-electron chi connectivity index (χ2n) is 6.02. The first-order chi connectivity index (χ1) is 10.5. The Morgan fingerprint density at radius 2 is 1.86 bits per heavy atom. The summed E-state index contributed by atoms with van der Waals surface area (Å²) in [5.74, 6) is 0.233. The van der Waals surface area contributed by atoms with Crippen LogP contribution in [0.15, 0.2) is 30.3 Å². The van der Waals surface area contributed by atoms with Crippen molar-refractivity contribution in [2.75, 3.05) is 0 Å². The van der Waals surface area contributed by atoms with E-state index in [4.69, 9.17) is 0 Å². The summed E-state index contributed by atoms with van der Waals surface area (Å²) in [6, 6.07) is 9.60. The summed E-state index contributed by atoms with van der Waals surface area (Å²) >= 11 is 0. The highest BCUT2D eigenvalue weighted by molar-refractivity contribution is 5.87. The first-order valence-electron chi connectivity index (χ1n) is 7.93. The molecule has 0 saturated heterocycles. The third-order valence-electron chi connectivity index (χ3n) is 4.08. The number of carbonyl (C=O) groups is 2. The SMILES string of the molecule is CC[C@H](C)NC(=O)[C@H](C)NC(=O)N[C@@H]1C[C@@H]1c1ccccc1. The fourth-order valence-electron chi connectivity index (χ4n) is 2.37. The number of nitrogens with one attached hydrogen (secondary N) is 3. The van der Waals surface area contributed by atoms with Crippen molar-refractivity contribution in [3.8, 4) is 0 Å². The smallest absolute Gasteiger partial charge is 0.315 e. The van der Waals surface area contributed by atoms with Gasteiger partial charge in [-0.2, -0.15) is 0 Å². The second-order valence-corrected chi connectivity index (χ2v) is 6.02. The van der Waals surface area contributed by atoms with Crippen molar-refractivity contribution in [1.82, 2.24) is 16.0 Å². The predicted molar refractivity (Wildman–Crippen MR) is 86.6 cm³/mol. The molecule has 5 heteroatoms. The van der Waals surface area contributed by atoms with Crippen LogP contribution in [0.3, 0.4) is 0 Å². The second kappa shape index (κ2) is 7.29. The molecule has 0 aliphatic heterocycles. The van der Waals surface area contributed by atoms with E-state index in [1.807, 2.05) is 32.0 Å². The molecule has 3 N–H and O–H groups in total. The Balaban J connectivity index is 1.74. The van der Waals surface area contributed by atoms with E-state index >= 15 is 0 Å². The van der Waals surface area contributed by atoms with Gasteiger partial charge in [0.15, 0.2) is 0 Å². The number of benzene rings is 1. The Kier molecular flexibility index (Phi) is 5.41. The number of hydrogen-bond acceptors (Lipinski definition) is 2. The summed E-state index contributed by atoms with van der Waals surface area (Å²) in [6.07, 6.45) is 1.82. The summed E-state index contributed by atoms with van der Waals surface area (Å²) in [4.78, 5) is 23.8. The van der Waals surface area contributed by atoms with Crippen LogP contribution in [0, 0.1) is 0 Å². The third-order valence-corrected chi connectivity index (χ3v) is 4.08. The van der Waals surface area contributed by atoms with E-state index in [9.17, 15) is 9.59 Å². The minimum atomic E-state index is -0.539. The Bertz CT molecular complexity index is 518. The van der Waals surface area contributed by atoms with Crippen LogP contribution in [0.25, 0.3) is 0 Å². The zero-order valence-electron chi connectivity index (χ0n) is 13.4. The van der Waals surface area contributed by atoms with E-state index < -0.39 is 6.04 Å². The van der Waals surface area contributed by atoms with Crippen molar-refractivity contribution in [2.24, 2.45) is 0 Å². The van der Waals surface area contributed by atoms with Crippen molar-refractivity contribution < 1.29 is 9.59 Å². The van der Waals surface area contributed by atoms with E-state index in [0.717, 1.165) is 12.8 Å². The molecule has 0 bridgehead atoms. The molecule has 5 nitrogen and oxygen atoms in total. The van der Waals surface area contributed by atoms with Crippen molar-refractivity contribution in [3.63, 3.8) is 0 Å². The maximum Gasteiger partial charge on any atom is 0.315 e. The first-order valence-corrected chi connectivity index (χ1v) is 7.93. The van der Waals surface area contributed by atoms with Gasteiger partial charge in [-0.05, 0) is 32.3 Å². The van der Waals surface area contributed by atoms with Crippen LogP contribution < -0.4 is 16.0 Å². The number of hydrogen-bond donors (Lipinski definition) is 3. The van der Waals surface area contributed by atoms with Gasteiger partial charge in [0.2, 0.25) is 5.91 Å². The van der Waals surface area contributed by atoms with Crippen LogP contribution in [0.1, 0.15) is 45.1 Å². The fourth-order valence-corrected chi connectivity index (χ4v) is 2.37. The molecule has 1 aromatic carbocycles. The van der Waals surface area contributed by atoms with Gasteiger partial charge in [-0.3, -0.25) is 4.79 Å². The fraction of sp³-hybridized carbons (Fsp3) is 0.529. The van der Waals surface area contributed by atoms with E-state index in [2.05, 4.69) is 28.1 Å². The van der Waals surface area contributed by atoms with E-state index in [-0.39, 0.29) is 24.0 Å². The lowest BCUT2D eigenvalue weighted by Crippen LogP contribution is -2.50. The molecular formula is C17H25N3O2. The standard InChI is InChI=1S/C17H25N3O2/c1-4-11(2)18-16(21)12(3)19-17(22)20-15-10-14(15)13-8-6-5-7-9-13/h5-9,11-12,14-15H,4,10H2,1-3H3,(H,18,21)(H2,19,20,22)/t11-,12-,14+,15+/m0/s1. The molecule has 0 radical (unpaired) electrons. The maximum absolute atomic E-state index is 11.9. The molecule has 4 atom stereocenters. The van der Waals surface area contributed by atoms with Gasteiger partial charge in [0.1, 0.15) is 6.04 Å². The lowest BCUT2D eigenvalue weighted by atomic mass is 10.1. The summed E-state index contributed by atoms with van der Waals surface area (Å²) in [7, 11) is 0. The number of amides is 3. The third kappa shape index (κ3) is 4.48. The molecule has 22 heavy (non-hydrogen) atoms. The normalized spacial score (nSPS) is 22.3. The minimum Gasteiger partial charge on any atom is -0.352 e. The summed E-state index contributed by atoms with van der Waals surface area (Å²) in [5, 5.41) is 8.47. The van der Waals surface area contributed by atoms with Gasteiger partial charge in [0, 0.05) is 18.0 Å². The van der Waals surface area contributed by atoms with Crippen molar-refractivity contribution >= 4 is 11.9 Å². The molecule has 1 aromatic rings. The highest BCUT2D eigenvalue weighted by Gasteiger charge is 2.39. The van der Waals surface area contributed by atoms with Gasteiger partial charge in [-0.15, -0.1) is 0 Å². The number of rotatable bonds is 6. The van der Waals surface area contributed by atoms with Gasteiger partial charge < -0.3 is 16.0 Å². The first kappa shape index (κ1) is 16.3. The van der Waals surface area contributed by atoms with Gasteiger partial charge in [-0.1, -0.05) is 37.3 Å². The van der Waals surface area contributed by atoms with Gasteiger partial charge in [-0.25, -0.2) is 4.79 Å². The van der Waals surface area contributed by atoms with Crippen LogP contribution >= 0.6 is 0 Å². The zero-order chi connectivity index (χ0) is 16.1. The zero-order valence-corrected chi connectivity index (χ0v) is 13.4. The van der Waals surface area contributed by atoms with Crippen LogP contribution in [-0.2, 0) is 4.79 Å². The summed E-state index contributed by atoms with van der Waals surface area (Å²) < 4.78 is 0. The molecule has 2 rings (SSSR count). The Hall–Kier alpha value is -2.04. The highest BCUT2D eigenvalue weighted by atomic mass is 16.2. The van der Waals surface area contributed by atoms with Gasteiger partial charge >= 0.3 is 6.03 Å². The van der Waals surface area contributed by atoms with Crippen LogP contribution in [0.5, 0.6) is 0 Å². The molecule has 1 saturated carbocycles. The average Bonchev–Trinajstić information content (AvgIpc) is 3.26. The highest BCUT2D eigenvalue weighted by Crippen LogP contribution is 2.40. The monoisotopic (exact) mass is 303 g/mol. The summed E-state index contributed by atoms with van der Waals surface area (Å²) in [6.45, 7) is 5.64. The van der Waals surface area contributed by atoms with E-state index in [1.54, 1.807) is 6.92 Å². The Morgan fingerprint density at radius 1 is 1.18 bits per heavy atom. The average molecular weight is 303 g/mol. The van der Waals surface area contributed by atoms with Crippen LogP contribution in [-0.4, -0.2) is 30.1 Å². The predicted octanol–water partition coefficient (Wildman–Crippen LogP) is 2.14. The molecule has 0 unspecified atom stereocenters. The Labute approximate surface area is 131 Å². The number of carbonyl (C=O) groups excluding carboxylic acids is 2. The molecule has 1 aliphatic carbocycles. The Morgan fingerprint density at radius 3 is 2.50 bits per heavy atom. The molecule has 3 amide bonds. The van der Waals surface area contributed by atoms with E-state index in [1.165, 1.54) is 5.56 Å². The van der Waals surface area contributed by atoms with Gasteiger partial charge in [0.25, 0.3) is 0 Å². The largest absolute Gasteiger partial charge is 0.352 e. The van der Waals surface area contributed by atoms with E-state index in [0.29, 0.717) is 5.92 Å². The van der Waals surface area contributed by atoms with Gasteiger partial charge in [0.05, 0.1) is 0 Å². The molecular weight excluding hydrogens is 278 g/mol. The molecule has 120 valence electrons. The molecule has 0 spiro atoms. The molecule has 0 heterocycles. The lowest BCUT2D eigenvalue weighted by Gasteiger charge is -2.17. The van der Waals surface area contributed by atoms with Crippen molar-refractivity contribution in [1.29, 1.82) is 0 Å². The van der Waals surface area contributed by atoms with Crippen molar-refractivity contribution in [3.05, 3.63) is 35.9 Å². The summed E-state index contributed by atoms with van der Waals surface area (Å²) in [5.41, 5.74) is 1.25. The number of urea groups is 1. The van der Waals surface area contributed by atoms with Crippen molar-refractivity contribution in [2.45, 2.75) is 57.7 Å². The topological polar surface area (TPSA) is 70.2 Å².